The van der Waals surface area contributed by atoms with Crippen molar-refractivity contribution >= 4 is 49.3 Å². The second-order valence-corrected chi connectivity index (χ2v) is 8.66. The number of hydrogen-bond acceptors (Lipinski definition) is 4. The van der Waals surface area contributed by atoms with Crippen molar-refractivity contribution in [3.8, 4) is 11.3 Å². The number of halogens is 2. The maximum Gasteiger partial charge on any atom is 0.275 e. The molecule has 0 bridgehead atoms. The summed E-state index contributed by atoms with van der Waals surface area (Å²) in [5, 5.41) is 0. The van der Waals surface area contributed by atoms with Gasteiger partial charge in [0, 0.05) is 16.1 Å². The van der Waals surface area contributed by atoms with Crippen LogP contribution in [0.25, 0.3) is 33.4 Å². The molecule has 4 nitrogen and oxygen atoms in total. The Balaban J connectivity index is 1.64. The van der Waals surface area contributed by atoms with Crippen LogP contribution in [-0.2, 0) is 0 Å². The highest BCUT2D eigenvalue weighted by atomic mass is 79.9. The second-order valence-electron chi connectivity index (χ2n) is 6.85. The SMILES string of the molecule is Cc1cc2c(nc3s/c(=C/c4ccc(-c5ccc(F)cc5)o4)c(=O)n32)c(Br)c1C. The van der Waals surface area contributed by atoms with Crippen LogP contribution in [-0.4, -0.2) is 9.38 Å². The van der Waals surface area contributed by atoms with Crippen LogP contribution in [0.15, 0.2) is 56.1 Å². The van der Waals surface area contributed by atoms with Crippen molar-refractivity contribution in [2.75, 3.05) is 0 Å². The van der Waals surface area contributed by atoms with E-state index < -0.39 is 0 Å². The van der Waals surface area contributed by atoms with Crippen LogP contribution in [0.1, 0.15) is 16.9 Å². The molecule has 0 fully saturated rings. The molecule has 0 spiro atoms. The van der Waals surface area contributed by atoms with E-state index in [1.165, 1.54) is 23.5 Å². The molecule has 0 aliphatic rings. The number of aryl methyl sites for hydroxylation is 1. The highest BCUT2D eigenvalue weighted by Gasteiger charge is 2.16. The zero-order valence-electron chi connectivity index (χ0n) is 15.5. The molecule has 0 aliphatic heterocycles. The van der Waals surface area contributed by atoms with Crippen LogP contribution < -0.4 is 10.1 Å². The van der Waals surface area contributed by atoms with E-state index in [4.69, 9.17) is 4.42 Å². The Labute approximate surface area is 177 Å². The monoisotopic (exact) mass is 468 g/mol. The molecule has 0 unspecified atom stereocenters. The average Bonchev–Trinajstić information content (AvgIpc) is 3.38. The normalized spacial score (nSPS) is 12.5. The third kappa shape index (κ3) is 2.92. The maximum absolute atomic E-state index is 13.1. The molecule has 3 aromatic heterocycles. The standard InChI is InChI=1S/C22H14BrFN2O2S/c1-11-9-16-20(19(23)12(11)2)25-22-26(16)21(27)18(29-22)10-15-7-8-17(28-15)13-3-5-14(24)6-4-13/h3-10H,1-2H3/b18-10+. The molecule has 144 valence electrons. The molecule has 7 heteroatoms. The molecular formula is C22H14BrFN2O2S. The second kappa shape index (κ2) is 6.64. The van der Waals surface area contributed by atoms with E-state index in [9.17, 15) is 9.18 Å². The van der Waals surface area contributed by atoms with Gasteiger partial charge in [-0.2, -0.15) is 0 Å². The fraction of sp³-hybridized carbons (Fsp3) is 0.0909. The van der Waals surface area contributed by atoms with Gasteiger partial charge in [-0.25, -0.2) is 13.8 Å². The maximum atomic E-state index is 13.1. The molecule has 29 heavy (non-hydrogen) atoms. The molecule has 0 aliphatic carbocycles. The molecule has 5 rings (SSSR count). The van der Waals surface area contributed by atoms with Crippen molar-refractivity contribution in [3.63, 3.8) is 0 Å². The summed E-state index contributed by atoms with van der Waals surface area (Å²) in [6.45, 7) is 4.04. The van der Waals surface area contributed by atoms with Gasteiger partial charge in [0.15, 0.2) is 4.96 Å². The topological polar surface area (TPSA) is 47.5 Å². The lowest BCUT2D eigenvalue weighted by Gasteiger charge is -2.03. The largest absolute Gasteiger partial charge is 0.457 e. The van der Waals surface area contributed by atoms with E-state index >= 15 is 0 Å². The Morgan fingerprint density at radius 3 is 2.69 bits per heavy atom. The zero-order valence-corrected chi connectivity index (χ0v) is 17.9. The smallest absolute Gasteiger partial charge is 0.275 e. The van der Waals surface area contributed by atoms with Crippen LogP contribution in [0.4, 0.5) is 4.39 Å². The lowest BCUT2D eigenvalue weighted by Crippen LogP contribution is -2.22. The summed E-state index contributed by atoms with van der Waals surface area (Å²) in [5.41, 5.74) is 4.45. The van der Waals surface area contributed by atoms with E-state index in [0.29, 0.717) is 21.0 Å². The minimum absolute atomic E-state index is 0.123. The van der Waals surface area contributed by atoms with E-state index in [-0.39, 0.29) is 11.4 Å². The number of hydrogen-bond donors (Lipinski definition) is 0. The number of fused-ring (bicyclic) bond motifs is 3. The zero-order chi connectivity index (χ0) is 20.3. The number of aromatic nitrogens is 2. The molecule has 2 aromatic carbocycles. The van der Waals surface area contributed by atoms with Crippen molar-refractivity contribution in [1.82, 2.24) is 9.38 Å². The van der Waals surface area contributed by atoms with Gasteiger partial charge in [-0.15, -0.1) is 0 Å². The third-order valence-corrected chi connectivity index (χ3v) is 6.95. The summed E-state index contributed by atoms with van der Waals surface area (Å²) in [6, 6.07) is 11.7. The number of furan rings is 1. The molecule has 0 atom stereocenters. The Kier molecular flexibility index (Phi) is 4.18. The van der Waals surface area contributed by atoms with Crippen molar-refractivity contribution < 1.29 is 8.81 Å². The van der Waals surface area contributed by atoms with Crippen molar-refractivity contribution in [3.05, 3.63) is 84.5 Å². The lowest BCUT2D eigenvalue weighted by atomic mass is 10.1. The highest BCUT2D eigenvalue weighted by Crippen LogP contribution is 2.30. The number of benzene rings is 2. The van der Waals surface area contributed by atoms with E-state index in [2.05, 4.69) is 20.9 Å². The average molecular weight is 469 g/mol. The summed E-state index contributed by atoms with van der Waals surface area (Å²) >= 11 is 4.93. The van der Waals surface area contributed by atoms with Gasteiger partial charge in [-0.1, -0.05) is 11.3 Å². The first kappa shape index (κ1) is 18.3. The van der Waals surface area contributed by atoms with Crippen LogP contribution in [0.2, 0.25) is 0 Å². The van der Waals surface area contributed by atoms with Gasteiger partial charge < -0.3 is 4.42 Å². The number of thiazole rings is 1. The number of rotatable bonds is 2. The van der Waals surface area contributed by atoms with Gasteiger partial charge in [0.25, 0.3) is 5.56 Å². The first-order valence-corrected chi connectivity index (χ1v) is 10.5. The molecule has 0 saturated heterocycles. The van der Waals surface area contributed by atoms with Gasteiger partial charge >= 0.3 is 0 Å². The van der Waals surface area contributed by atoms with Gasteiger partial charge in [0.2, 0.25) is 0 Å². The Morgan fingerprint density at radius 1 is 1.17 bits per heavy atom. The quantitative estimate of drug-likeness (QED) is 0.356. The summed E-state index contributed by atoms with van der Waals surface area (Å²) in [5.74, 6) is 0.878. The summed E-state index contributed by atoms with van der Waals surface area (Å²) < 4.78 is 22.1. The fourth-order valence-electron chi connectivity index (χ4n) is 3.31. The molecule has 3 heterocycles. The lowest BCUT2D eigenvalue weighted by molar-refractivity contribution is 0.571. The van der Waals surface area contributed by atoms with E-state index in [1.807, 2.05) is 19.9 Å². The van der Waals surface area contributed by atoms with Gasteiger partial charge in [-0.05, 0) is 83.4 Å². The summed E-state index contributed by atoms with van der Waals surface area (Å²) in [7, 11) is 0. The van der Waals surface area contributed by atoms with Gasteiger partial charge in [-0.3, -0.25) is 4.79 Å². The highest BCUT2D eigenvalue weighted by molar-refractivity contribution is 9.10. The fourth-order valence-corrected chi connectivity index (χ4v) is 4.87. The molecule has 0 radical (unpaired) electrons. The summed E-state index contributed by atoms with van der Waals surface area (Å²) in [6.07, 6.45) is 1.72. The molecular weight excluding hydrogens is 455 g/mol. The van der Waals surface area contributed by atoms with E-state index in [0.717, 1.165) is 32.2 Å². The van der Waals surface area contributed by atoms with Gasteiger partial charge in [0.1, 0.15) is 27.4 Å². The minimum atomic E-state index is -0.297. The summed E-state index contributed by atoms with van der Waals surface area (Å²) in [4.78, 5) is 18.3. The van der Waals surface area contributed by atoms with Crippen LogP contribution in [0.5, 0.6) is 0 Å². The Morgan fingerprint density at radius 2 is 1.93 bits per heavy atom. The first-order chi connectivity index (χ1) is 13.9. The minimum Gasteiger partial charge on any atom is -0.457 e. The van der Waals surface area contributed by atoms with E-state index in [1.54, 1.807) is 34.7 Å². The number of imidazole rings is 1. The molecule has 0 amide bonds. The molecule has 0 N–H and O–H groups in total. The van der Waals surface area contributed by atoms with Crippen LogP contribution in [0.3, 0.4) is 0 Å². The van der Waals surface area contributed by atoms with Crippen molar-refractivity contribution in [1.29, 1.82) is 0 Å². The predicted octanol–water partition coefficient (Wildman–Crippen LogP) is 5.24. The van der Waals surface area contributed by atoms with Crippen LogP contribution >= 0.6 is 27.3 Å². The van der Waals surface area contributed by atoms with Crippen molar-refractivity contribution in [2.45, 2.75) is 13.8 Å². The predicted molar refractivity (Wildman–Crippen MR) is 117 cm³/mol. The first-order valence-electron chi connectivity index (χ1n) is 8.90. The van der Waals surface area contributed by atoms with Crippen LogP contribution in [0, 0.1) is 19.7 Å². The Bertz CT molecular complexity index is 1510. The van der Waals surface area contributed by atoms with Crippen molar-refractivity contribution in [2.24, 2.45) is 0 Å². The Hall–Kier alpha value is -2.77. The number of nitrogens with zero attached hydrogens (tertiary/aromatic N) is 2. The molecule has 5 aromatic rings. The molecule has 0 saturated carbocycles. The van der Waals surface area contributed by atoms with Gasteiger partial charge in [0.05, 0.1) is 5.52 Å². The third-order valence-electron chi connectivity index (χ3n) is 5.01.